The molecule has 3 N–H and O–H groups in total. The lowest BCUT2D eigenvalue weighted by Crippen LogP contribution is -2.28. The van der Waals surface area contributed by atoms with Gasteiger partial charge in [0, 0.05) is 10.5 Å². The van der Waals surface area contributed by atoms with Gasteiger partial charge < -0.3 is 15.3 Å². The Morgan fingerprint density at radius 2 is 2.00 bits per heavy atom. The van der Waals surface area contributed by atoms with Gasteiger partial charge in [0.2, 0.25) is 0 Å². The summed E-state index contributed by atoms with van der Waals surface area (Å²) in [6, 6.07) is 4.40. The summed E-state index contributed by atoms with van der Waals surface area (Å²) < 4.78 is 1.05. The summed E-state index contributed by atoms with van der Waals surface area (Å²) in [6.07, 6.45) is 2.67. The van der Waals surface area contributed by atoms with Crippen LogP contribution in [0.1, 0.15) is 38.3 Å². The number of fused-ring (bicyclic) bond motifs is 1. The lowest BCUT2D eigenvalue weighted by molar-refractivity contribution is 0.354. The van der Waals surface area contributed by atoms with Crippen LogP contribution < -0.4 is 11.0 Å². The lowest BCUT2D eigenvalue weighted by Gasteiger charge is -2.26. The smallest absolute Gasteiger partial charge is 0.310 e. The molecule has 2 aromatic rings. The first-order valence-corrected chi connectivity index (χ1v) is 8.04. The molecule has 0 spiro atoms. The number of aromatic nitrogens is 2. The fraction of sp³-hybridized carbons (Fsp3) is 0.533. The van der Waals surface area contributed by atoms with Crippen molar-refractivity contribution in [2.24, 2.45) is 11.8 Å². The van der Waals surface area contributed by atoms with Crippen molar-refractivity contribution >= 4 is 27.0 Å². The van der Waals surface area contributed by atoms with E-state index in [0.29, 0.717) is 12.0 Å². The van der Waals surface area contributed by atoms with Gasteiger partial charge in [0.05, 0.1) is 11.0 Å². The van der Waals surface area contributed by atoms with Crippen molar-refractivity contribution in [2.75, 3.05) is 6.54 Å². The summed E-state index contributed by atoms with van der Waals surface area (Å²) in [4.78, 5) is 17.1. The zero-order valence-corrected chi connectivity index (χ0v) is 13.4. The first kappa shape index (κ1) is 13.9. The van der Waals surface area contributed by atoms with Gasteiger partial charge in [-0.15, -0.1) is 0 Å². The van der Waals surface area contributed by atoms with Crippen LogP contribution >= 0.6 is 15.9 Å². The van der Waals surface area contributed by atoms with E-state index in [1.54, 1.807) is 0 Å². The van der Waals surface area contributed by atoms with Crippen LogP contribution in [0.5, 0.6) is 0 Å². The molecule has 1 saturated carbocycles. The number of benzene rings is 1. The second-order valence-corrected chi connectivity index (χ2v) is 6.58. The zero-order chi connectivity index (χ0) is 14.3. The van der Waals surface area contributed by atoms with E-state index in [-0.39, 0.29) is 5.69 Å². The van der Waals surface area contributed by atoms with Crippen LogP contribution in [0, 0.1) is 11.8 Å². The normalized spacial score (nSPS) is 18.4. The summed E-state index contributed by atoms with van der Waals surface area (Å²) in [5.41, 5.74) is 2.80. The number of imidazole rings is 1. The predicted molar refractivity (Wildman–Crippen MR) is 84.9 cm³/mol. The third kappa shape index (κ3) is 2.56. The van der Waals surface area contributed by atoms with Crippen LogP contribution in [0.25, 0.3) is 11.0 Å². The average Bonchev–Trinajstić information content (AvgIpc) is 3.18. The van der Waals surface area contributed by atoms with Gasteiger partial charge in [-0.3, -0.25) is 0 Å². The average molecular weight is 338 g/mol. The highest BCUT2D eigenvalue weighted by atomic mass is 79.9. The van der Waals surface area contributed by atoms with E-state index in [0.717, 1.165) is 28.0 Å². The molecule has 1 heterocycles. The molecule has 0 bridgehead atoms. The molecule has 108 valence electrons. The Morgan fingerprint density at radius 3 is 2.60 bits per heavy atom. The fourth-order valence-corrected chi connectivity index (χ4v) is 3.59. The lowest BCUT2D eigenvalue weighted by atomic mass is 9.90. The van der Waals surface area contributed by atoms with Crippen molar-refractivity contribution in [3.8, 4) is 0 Å². The second kappa shape index (κ2) is 5.37. The predicted octanol–water partition coefficient (Wildman–Crippen LogP) is 3.32. The topological polar surface area (TPSA) is 60.7 Å². The molecule has 0 aliphatic heterocycles. The van der Waals surface area contributed by atoms with Crippen molar-refractivity contribution in [2.45, 2.75) is 32.7 Å². The molecule has 1 aromatic carbocycles. The van der Waals surface area contributed by atoms with Gasteiger partial charge >= 0.3 is 5.69 Å². The van der Waals surface area contributed by atoms with Crippen molar-refractivity contribution in [3.63, 3.8) is 0 Å². The fourth-order valence-electron chi connectivity index (χ4n) is 3.00. The largest absolute Gasteiger partial charge is 0.323 e. The van der Waals surface area contributed by atoms with E-state index >= 15 is 0 Å². The molecule has 1 aliphatic carbocycles. The summed E-state index contributed by atoms with van der Waals surface area (Å²) in [5, 5.41) is 3.60. The number of hydrogen-bond acceptors (Lipinski definition) is 2. The molecule has 0 saturated heterocycles. The van der Waals surface area contributed by atoms with Gasteiger partial charge in [0.25, 0.3) is 0 Å². The summed E-state index contributed by atoms with van der Waals surface area (Å²) >= 11 is 3.66. The third-order valence-corrected chi connectivity index (χ3v) is 4.97. The van der Waals surface area contributed by atoms with E-state index in [2.05, 4.69) is 51.1 Å². The van der Waals surface area contributed by atoms with Gasteiger partial charge in [0.15, 0.2) is 0 Å². The van der Waals surface area contributed by atoms with Crippen molar-refractivity contribution in [1.82, 2.24) is 15.3 Å². The molecular formula is C15H20BrN3O. The molecule has 1 aliphatic rings. The minimum absolute atomic E-state index is 0.153. The monoisotopic (exact) mass is 337 g/mol. The van der Waals surface area contributed by atoms with Gasteiger partial charge in [-0.05, 0) is 48.9 Å². The van der Waals surface area contributed by atoms with Crippen LogP contribution in [0.15, 0.2) is 21.4 Å². The van der Waals surface area contributed by atoms with Gasteiger partial charge in [-0.2, -0.15) is 0 Å². The Balaban J connectivity index is 2.04. The van der Waals surface area contributed by atoms with Crippen LogP contribution in [0.3, 0.4) is 0 Å². The Hall–Kier alpha value is -1.07. The maximum absolute atomic E-state index is 11.4. The number of rotatable bonds is 5. The van der Waals surface area contributed by atoms with Gasteiger partial charge in [-0.25, -0.2) is 4.79 Å². The maximum atomic E-state index is 11.4. The first-order valence-electron chi connectivity index (χ1n) is 7.25. The number of aromatic amines is 2. The quantitative estimate of drug-likeness (QED) is 0.783. The molecular weight excluding hydrogens is 318 g/mol. The molecule has 4 nitrogen and oxygen atoms in total. The number of H-pyrrole nitrogens is 2. The van der Waals surface area contributed by atoms with Gasteiger partial charge in [0.1, 0.15) is 0 Å². The highest BCUT2D eigenvalue weighted by Gasteiger charge is 2.34. The Labute approximate surface area is 126 Å². The van der Waals surface area contributed by atoms with E-state index in [1.165, 1.54) is 18.4 Å². The molecule has 1 aromatic heterocycles. The molecule has 3 rings (SSSR count). The summed E-state index contributed by atoms with van der Waals surface area (Å²) in [6.45, 7) is 5.40. The highest BCUT2D eigenvalue weighted by molar-refractivity contribution is 9.10. The Morgan fingerprint density at radius 1 is 1.35 bits per heavy atom. The van der Waals surface area contributed by atoms with Crippen LogP contribution in [-0.4, -0.2) is 16.5 Å². The summed E-state index contributed by atoms with van der Waals surface area (Å²) in [5.74, 6) is 1.43. The number of nitrogens with one attached hydrogen (secondary N) is 3. The maximum Gasteiger partial charge on any atom is 0.323 e. The Bertz CT molecular complexity index is 671. The molecule has 5 heteroatoms. The highest BCUT2D eigenvalue weighted by Crippen LogP contribution is 2.44. The molecule has 20 heavy (non-hydrogen) atoms. The van der Waals surface area contributed by atoms with Crippen LogP contribution in [0.2, 0.25) is 0 Å². The minimum Gasteiger partial charge on any atom is -0.310 e. The zero-order valence-electron chi connectivity index (χ0n) is 11.8. The molecule has 0 amide bonds. The standard InChI is InChI=1S/C15H20BrN3O/c1-3-17-14(8(2)9-4-5-9)10-6-12-13(7-11(10)16)19-15(20)18-12/h6-9,14,17H,3-5H2,1-2H3,(H2,18,19,20). The number of hydrogen-bond donors (Lipinski definition) is 3. The number of halogens is 1. The van der Waals surface area contributed by atoms with Crippen molar-refractivity contribution in [3.05, 3.63) is 32.7 Å². The van der Waals surface area contributed by atoms with E-state index < -0.39 is 0 Å². The van der Waals surface area contributed by atoms with E-state index in [4.69, 9.17) is 0 Å². The second-order valence-electron chi connectivity index (χ2n) is 5.73. The molecule has 2 unspecified atom stereocenters. The van der Waals surface area contributed by atoms with E-state index in [1.807, 2.05) is 6.07 Å². The summed E-state index contributed by atoms with van der Waals surface area (Å²) in [7, 11) is 0. The minimum atomic E-state index is -0.153. The molecule has 2 atom stereocenters. The van der Waals surface area contributed by atoms with Crippen LogP contribution in [-0.2, 0) is 0 Å². The Kier molecular flexibility index (Phi) is 3.73. The third-order valence-electron chi connectivity index (χ3n) is 4.28. The molecule has 1 fully saturated rings. The first-order chi connectivity index (χ1) is 9.60. The SMILES string of the molecule is CCNC(c1cc2[nH]c(=O)[nH]c2cc1Br)C(C)C1CC1. The van der Waals surface area contributed by atoms with Crippen molar-refractivity contribution < 1.29 is 0 Å². The van der Waals surface area contributed by atoms with Crippen LogP contribution in [0.4, 0.5) is 0 Å². The molecule has 0 radical (unpaired) electrons. The van der Waals surface area contributed by atoms with Gasteiger partial charge in [-0.1, -0.05) is 29.8 Å². The van der Waals surface area contributed by atoms with E-state index in [9.17, 15) is 4.79 Å². The van der Waals surface area contributed by atoms with Crippen molar-refractivity contribution in [1.29, 1.82) is 0 Å².